The van der Waals surface area contributed by atoms with E-state index in [1.165, 1.54) is 18.2 Å². The van der Waals surface area contributed by atoms with Crippen LogP contribution in [0.3, 0.4) is 0 Å². The molecule has 1 aromatic carbocycles. The quantitative estimate of drug-likeness (QED) is 0.843. The van der Waals surface area contributed by atoms with Gasteiger partial charge in [0.25, 0.3) is 0 Å². The first-order valence-electron chi connectivity index (χ1n) is 6.32. The number of nitrogens with zero attached hydrogens (tertiary/aromatic N) is 2. The summed E-state index contributed by atoms with van der Waals surface area (Å²) in [7, 11) is 0. The minimum Gasteiger partial charge on any atom is -0.485 e. The van der Waals surface area contributed by atoms with Crippen molar-refractivity contribution < 1.29 is 9.13 Å². The van der Waals surface area contributed by atoms with Crippen LogP contribution in [0, 0.1) is 5.82 Å². The lowest BCUT2D eigenvalue weighted by Crippen LogP contribution is -2.06. The Morgan fingerprint density at radius 1 is 1.42 bits per heavy atom. The van der Waals surface area contributed by atoms with Gasteiger partial charge in [-0.2, -0.15) is 5.10 Å². The van der Waals surface area contributed by atoms with Crippen molar-refractivity contribution in [2.24, 2.45) is 0 Å². The van der Waals surface area contributed by atoms with Crippen molar-refractivity contribution in [1.29, 1.82) is 0 Å². The van der Waals surface area contributed by atoms with E-state index in [9.17, 15) is 4.39 Å². The normalized spacial score (nSPS) is 12.4. The molecule has 5 heteroatoms. The van der Waals surface area contributed by atoms with Crippen LogP contribution in [0.15, 0.2) is 30.5 Å². The molecule has 1 atom stereocenters. The molecule has 2 rings (SSSR count). The van der Waals surface area contributed by atoms with Crippen LogP contribution >= 0.6 is 0 Å². The number of aromatic nitrogens is 2. The molecule has 1 aromatic heterocycles. The van der Waals surface area contributed by atoms with E-state index in [0.717, 1.165) is 12.1 Å². The highest BCUT2D eigenvalue weighted by atomic mass is 19.1. The van der Waals surface area contributed by atoms with Gasteiger partial charge in [0.15, 0.2) is 0 Å². The van der Waals surface area contributed by atoms with Crippen LogP contribution in [0.4, 0.5) is 10.1 Å². The monoisotopic (exact) mass is 263 g/mol. The van der Waals surface area contributed by atoms with Crippen LogP contribution in [-0.4, -0.2) is 9.78 Å². The van der Waals surface area contributed by atoms with Gasteiger partial charge in [0.2, 0.25) is 0 Å². The van der Waals surface area contributed by atoms with Crippen LogP contribution in [0.2, 0.25) is 0 Å². The summed E-state index contributed by atoms with van der Waals surface area (Å²) >= 11 is 0. The SMILES string of the molecule is CCC(C)n1ccc(COc2cc(F)ccc2N)n1. The van der Waals surface area contributed by atoms with Gasteiger partial charge in [0.05, 0.1) is 11.4 Å². The Morgan fingerprint density at radius 3 is 2.95 bits per heavy atom. The number of benzene rings is 1. The van der Waals surface area contributed by atoms with Gasteiger partial charge >= 0.3 is 0 Å². The number of hydrogen-bond acceptors (Lipinski definition) is 3. The van der Waals surface area contributed by atoms with Gasteiger partial charge in [-0.3, -0.25) is 4.68 Å². The Morgan fingerprint density at radius 2 is 2.21 bits per heavy atom. The molecular weight excluding hydrogens is 245 g/mol. The molecule has 1 heterocycles. The summed E-state index contributed by atoms with van der Waals surface area (Å²) in [5.74, 6) is -0.0209. The smallest absolute Gasteiger partial charge is 0.145 e. The lowest BCUT2D eigenvalue weighted by molar-refractivity contribution is 0.298. The standard InChI is InChI=1S/C14H18FN3O/c1-3-10(2)18-7-6-12(17-18)9-19-14-8-11(15)4-5-13(14)16/h4-8,10H,3,9,16H2,1-2H3. The van der Waals surface area contributed by atoms with Crippen molar-refractivity contribution >= 4 is 5.69 Å². The Bertz CT molecular complexity index is 553. The predicted molar refractivity (Wildman–Crippen MR) is 72.4 cm³/mol. The zero-order valence-electron chi connectivity index (χ0n) is 11.1. The Kier molecular flexibility index (Phi) is 4.04. The average Bonchev–Trinajstić information content (AvgIpc) is 2.88. The van der Waals surface area contributed by atoms with Gasteiger partial charge < -0.3 is 10.5 Å². The molecule has 0 saturated carbocycles. The Labute approximate surface area is 112 Å². The molecule has 0 saturated heterocycles. The highest BCUT2D eigenvalue weighted by Crippen LogP contribution is 2.23. The van der Waals surface area contributed by atoms with Crippen molar-refractivity contribution in [3.05, 3.63) is 42.0 Å². The van der Waals surface area contributed by atoms with Crippen molar-refractivity contribution in [2.75, 3.05) is 5.73 Å². The minimum absolute atomic E-state index is 0.275. The summed E-state index contributed by atoms with van der Waals surface area (Å²) in [5.41, 5.74) is 6.93. The first-order valence-corrected chi connectivity index (χ1v) is 6.32. The number of rotatable bonds is 5. The van der Waals surface area contributed by atoms with E-state index < -0.39 is 0 Å². The van der Waals surface area contributed by atoms with E-state index in [1.807, 2.05) is 16.9 Å². The molecular formula is C14H18FN3O. The first kappa shape index (κ1) is 13.4. The fourth-order valence-electron chi connectivity index (χ4n) is 1.67. The molecule has 0 radical (unpaired) electrons. The van der Waals surface area contributed by atoms with Gasteiger partial charge in [-0.1, -0.05) is 6.92 Å². The van der Waals surface area contributed by atoms with Crippen molar-refractivity contribution in [2.45, 2.75) is 32.9 Å². The van der Waals surface area contributed by atoms with Crippen LogP contribution in [0.5, 0.6) is 5.75 Å². The second kappa shape index (κ2) is 5.73. The number of hydrogen-bond donors (Lipinski definition) is 1. The molecule has 0 fully saturated rings. The van der Waals surface area contributed by atoms with Crippen LogP contribution < -0.4 is 10.5 Å². The van der Waals surface area contributed by atoms with E-state index in [0.29, 0.717) is 17.5 Å². The first-order chi connectivity index (χ1) is 9.10. The highest BCUT2D eigenvalue weighted by Gasteiger charge is 2.07. The van der Waals surface area contributed by atoms with Crippen molar-refractivity contribution in [3.8, 4) is 5.75 Å². The fourth-order valence-corrected chi connectivity index (χ4v) is 1.67. The molecule has 0 bridgehead atoms. The molecule has 1 unspecified atom stereocenters. The van der Waals surface area contributed by atoms with E-state index in [-0.39, 0.29) is 12.4 Å². The van der Waals surface area contributed by atoms with E-state index in [1.54, 1.807) is 0 Å². The van der Waals surface area contributed by atoms with E-state index in [4.69, 9.17) is 10.5 Å². The molecule has 2 N–H and O–H groups in total. The largest absolute Gasteiger partial charge is 0.485 e. The maximum Gasteiger partial charge on any atom is 0.145 e. The van der Waals surface area contributed by atoms with Gasteiger partial charge in [-0.25, -0.2) is 4.39 Å². The Balaban J connectivity index is 2.02. The van der Waals surface area contributed by atoms with Gasteiger partial charge in [0.1, 0.15) is 18.2 Å². The average molecular weight is 263 g/mol. The third-order valence-electron chi connectivity index (χ3n) is 3.06. The molecule has 0 amide bonds. The lowest BCUT2D eigenvalue weighted by atomic mass is 10.3. The molecule has 4 nitrogen and oxygen atoms in total. The van der Waals surface area contributed by atoms with Gasteiger partial charge in [-0.15, -0.1) is 0 Å². The summed E-state index contributed by atoms with van der Waals surface area (Å²) in [4.78, 5) is 0. The van der Waals surface area contributed by atoms with Gasteiger partial charge in [0, 0.05) is 18.3 Å². The topological polar surface area (TPSA) is 53.1 Å². The number of nitrogens with two attached hydrogens (primary N) is 1. The van der Waals surface area contributed by atoms with E-state index >= 15 is 0 Å². The summed E-state index contributed by atoms with van der Waals surface area (Å²) in [6.45, 7) is 4.48. The van der Waals surface area contributed by atoms with Crippen LogP contribution in [0.25, 0.3) is 0 Å². The van der Waals surface area contributed by atoms with E-state index in [2.05, 4.69) is 18.9 Å². The lowest BCUT2D eigenvalue weighted by Gasteiger charge is -2.09. The molecule has 102 valence electrons. The number of halogens is 1. The summed E-state index contributed by atoms with van der Waals surface area (Å²) < 4.78 is 20.5. The van der Waals surface area contributed by atoms with Crippen LogP contribution in [0.1, 0.15) is 32.0 Å². The Hall–Kier alpha value is -2.04. The summed E-state index contributed by atoms with van der Waals surface area (Å²) in [6, 6.07) is 6.32. The highest BCUT2D eigenvalue weighted by molar-refractivity contribution is 5.52. The maximum atomic E-state index is 13.1. The molecule has 0 aliphatic carbocycles. The molecule has 0 aliphatic heterocycles. The zero-order chi connectivity index (χ0) is 13.8. The summed E-state index contributed by atoms with van der Waals surface area (Å²) in [5, 5.41) is 4.41. The second-order valence-corrected chi connectivity index (χ2v) is 4.52. The predicted octanol–water partition coefficient (Wildman–Crippen LogP) is 3.15. The zero-order valence-corrected chi connectivity index (χ0v) is 11.1. The van der Waals surface area contributed by atoms with Crippen molar-refractivity contribution in [1.82, 2.24) is 9.78 Å². The maximum absolute atomic E-state index is 13.1. The number of ether oxygens (including phenoxy) is 1. The third kappa shape index (κ3) is 3.24. The molecule has 2 aromatic rings. The third-order valence-corrected chi connectivity index (χ3v) is 3.06. The summed E-state index contributed by atoms with van der Waals surface area (Å²) in [6.07, 6.45) is 2.93. The molecule has 19 heavy (non-hydrogen) atoms. The molecule has 0 aliphatic rings. The number of anilines is 1. The van der Waals surface area contributed by atoms with Crippen molar-refractivity contribution in [3.63, 3.8) is 0 Å². The second-order valence-electron chi connectivity index (χ2n) is 4.52. The minimum atomic E-state index is -0.366. The number of nitrogen functional groups attached to an aromatic ring is 1. The van der Waals surface area contributed by atoms with Crippen LogP contribution in [-0.2, 0) is 6.61 Å². The molecule has 0 spiro atoms. The fraction of sp³-hybridized carbons (Fsp3) is 0.357. The van der Waals surface area contributed by atoms with Gasteiger partial charge in [-0.05, 0) is 31.5 Å².